The molecule has 0 aliphatic carbocycles. The number of halogens is 2. The topological polar surface area (TPSA) is 66.5 Å². The number of carbonyl (C=O) groups is 1. The van der Waals surface area contributed by atoms with Gasteiger partial charge in [0.05, 0.1) is 10.6 Å². The van der Waals surface area contributed by atoms with Crippen molar-refractivity contribution in [1.29, 1.82) is 0 Å². The van der Waals surface area contributed by atoms with Crippen molar-refractivity contribution in [3.05, 3.63) is 88.7 Å². The van der Waals surface area contributed by atoms with E-state index in [-0.39, 0.29) is 4.90 Å². The lowest BCUT2D eigenvalue weighted by Crippen LogP contribution is -2.38. The van der Waals surface area contributed by atoms with Gasteiger partial charge < -0.3 is 5.32 Å². The van der Waals surface area contributed by atoms with E-state index in [2.05, 4.69) is 5.32 Å². The molecule has 30 heavy (non-hydrogen) atoms. The Kier molecular flexibility index (Phi) is 6.43. The molecule has 0 unspecified atom stereocenters. The van der Waals surface area contributed by atoms with Crippen molar-refractivity contribution >= 4 is 38.9 Å². The third kappa shape index (κ3) is 4.98. The van der Waals surface area contributed by atoms with E-state index in [9.17, 15) is 17.6 Å². The fourth-order valence-corrected chi connectivity index (χ4v) is 4.33. The number of anilines is 2. The van der Waals surface area contributed by atoms with E-state index in [1.54, 1.807) is 18.2 Å². The average Bonchev–Trinajstić information content (AvgIpc) is 2.70. The minimum Gasteiger partial charge on any atom is -0.325 e. The number of carbonyl (C=O) groups excluding carboxylic acids is 1. The summed E-state index contributed by atoms with van der Waals surface area (Å²) in [6.45, 7) is 3.33. The Bertz CT molecular complexity index is 1160. The fraction of sp³-hybridized carbons (Fsp3) is 0.136. The lowest BCUT2D eigenvalue weighted by Gasteiger charge is -2.25. The molecule has 3 aromatic carbocycles. The van der Waals surface area contributed by atoms with Crippen LogP contribution in [-0.4, -0.2) is 20.9 Å². The molecule has 0 atom stereocenters. The minimum atomic E-state index is -4.04. The van der Waals surface area contributed by atoms with Crippen LogP contribution >= 0.6 is 11.6 Å². The standard InChI is InChI=1S/C22H20ClFN2O3S/c1-15-3-10-20(13-16(15)2)26(30(28,29)21-11-4-17(23)5-12-21)14-22(27)25-19-8-6-18(24)7-9-19/h3-13H,14H2,1-2H3,(H,25,27). The number of amides is 1. The van der Waals surface area contributed by atoms with E-state index < -0.39 is 28.3 Å². The van der Waals surface area contributed by atoms with Gasteiger partial charge in [-0.1, -0.05) is 17.7 Å². The SMILES string of the molecule is Cc1ccc(N(CC(=O)Nc2ccc(F)cc2)S(=O)(=O)c2ccc(Cl)cc2)cc1C. The monoisotopic (exact) mass is 446 g/mol. The van der Waals surface area contributed by atoms with Crippen molar-refractivity contribution in [2.24, 2.45) is 0 Å². The second kappa shape index (κ2) is 8.85. The van der Waals surface area contributed by atoms with Crippen LogP contribution < -0.4 is 9.62 Å². The molecule has 156 valence electrons. The van der Waals surface area contributed by atoms with Gasteiger partial charge in [0.25, 0.3) is 10.0 Å². The van der Waals surface area contributed by atoms with E-state index in [4.69, 9.17) is 11.6 Å². The molecule has 0 spiro atoms. The van der Waals surface area contributed by atoms with Gasteiger partial charge >= 0.3 is 0 Å². The first kappa shape index (κ1) is 21.8. The predicted octanol–water partition coefficient (Wildman–Crippen LogP) is 4.93. The van der Waals surface area contributed by atoms with E-state index in [1.807, 2.05) is 13.8 Å². The van der Waals surface area contributed by atoms with Crippen molar-refractivity contribution in [2.45, 2.75) is 18.7 Å². The van der Waals surface area contributed by atoms with Gasteiger partial charge in [0.15, 0.2) is 0 Å². The van der Waals surface area contributed by atoms with Gasteiger partial charge in [-0.3, -0.25) is 9.10 Å². The summed E-state index contributed by atoms with van der Waals surface area (Å²) in [6.07, 6.45) is 0. The molecule has 0 aromatic heterocycles. The molecular weight excluding hydrogens is 427 g/mol. The van der Waals surface area contributed by atoms with Crippen LogP contribution in [0.25, 0.3) is 0 Å². The highest BCUT2D eigenvalue weighted by atomic mass is 35.5. The third-order valence-corrected chi connectivity index (χ3v) is 6.64. The average molecular weight is 447 g/mol. The van der Waals surface area contributed by atoms with Gasteiger partial charge in [-0.15, -0.1) is 0 Å². The summed E-state index contributed by atoms with van der Waals surface area (Å²) in [5.41, 5.74) is 2.62. The summed E-state index contributed by atoms with van der Waals surface area (Å²) in [4.78, 5) is 12.6. The van der Waals surface area contributed by atoms with Crippen LogP contribution in [0.2, 0.25) is 5.02 Å². The van der Waals surface area contributed by atoms with Gasteiger partial charge in [0, 0.05) is 10.7 Å². The number of nitrogens with zero attached hydrogens (tertiary/aromatic N) is 1. The molecule has 1 amide bonds. The van der Waals surface area contributed by atoms with Crippen molar-refractivity contribution < 1.29 is 17.6 Å². The number of nitrogens with one attached hydrogen (secondary N) is 1. The summed E-state index contributed by atoms with van der Waals surface area (Å²) in [7, 11) is -4.04. The summed E-state index contributed by atoms with van der Waals surface area (Å²) in [6, 6.07) is 16.1. The second-order valence-corrected chi connectivity index (χ2v) is 9.09. The number of aryl methyl sites for hydroxylation is 2. The zero-order valence-corrected chi connectivity index (χ0v) is 18.0. The summed E-state index contributed by atoms with van der Waals surface area (Å²) in [5, 5.41) is 3.00. The van der Waals surface area contributed by atoms with E-state index >= 15 is 0 Å². The fourth-order valence-electron chi connectivity index (χ4n) is 2.79. The van der Waals surface area contributed by atoms with Gasteiger partial charge in [-0.25, -0.2) is 12.8 Å². The van der Waals surface area contributed by atoms with Crippen molar-refractivity contribution in [2.75, 3.05) is 16.2 Å². The molecule has 1 N–H and O–H groups in total. The maximum atomic E-state index is 13.3. The van der Waals surface area contributed by atoms with Gasteiger partial charge in [0.2, 0.25) is 5.91 Å². The Labute approximate surface area is 180 Å². The van der Waals surface area contributed by atoms with E-state index in [1.165, 1.54) is 48.5 Å². The number of hydrogen-bond donors (Lipinski definition) is 1. The summed E-state index contributed by atoms with van der Waals surface area (Å²) in [5.74, 6) is -0.993. The molecule has 3 aromatic rings. The Balaban J connectivity index is 1.96. The van der Waals surface area contributed by atoms with Crippen LogP contribution in [0.15, 0.2) is 71.6 Å². The minimum absolute atomic E-state index is 0.0136. The van der Waals surface area contributed by atoms with E-state index in [0.717, 1.165) is 15.4 Å². The van der Waals surface area contributed by atoms with Crippen LogP contribution in [0.5, 0.6) is 0 Å². The molecule has 0 saturated heterocycles. The Morgan fingerprint density at radius 3 is 2.20 bits per heavy atom. The lowest BCUT2D eigenvalue weighted by atomic mass is 10.1. The quantitative estimate of drug-likeness (QED) is 0.583. The largest absolute Gasteiger partial charge is 0.325 e. The zero-order chi connectivity index (χ0) is 21.9. The molecule has 0 aliphatic rings. The summed E-state index contributed by atoms with van der Waals surface area (Å²) < 4.78 is 40.8. The molecule has 8 heteroatoms. The maximum absolute atomic E-state index is 13.3. The Hall–Kier alpha value is -2.90. The van der Waals surface area contributed by atoms with Gasteiger partial charge in [-0.2, -0.15) is 0 Å². The molecule has 0 fully saturated rings. The van der Waals surface area contributed by atoms with Crippen LogP contribution in [0.1, 0.15) is 11.1 Å². The number of hydrogen-bond acceptors (Lipinski definition) is 3. The highest BCUT2D eigenvalue weighted by molar-refractivity contribution is 7.92. The molecular formula is C22H20ClFN2O3S. The highest BCUT2D eigenvalue weighted by Gasteiger charge is 2.27. The molecule has 0 radical (unpaired) electrons. The summed E-state index contributed by atoms with van der Waals surface area (Å²) >= 11 is 5.88. The number of sulfonamides is 1. The van der Waals surface area contributed by atoms with Crippen molar-refractivity contribution in [3.8, 4) is 0 Å². The van der Waals surface area contributed by atoms with Crippen molar-refractivity contribution in [1.82, 2.24) is 0 Å². The molecule has 0 bridgehead atoms. The number of rotatable bonds is 6. The van der Waals surface area contributed by atoms with Crippen molar-refractivity contribution in [3.63, 3.8) is 0 Å². The maximum Gasteiger partial charge on any atom is 0.264 e. The highest BCUT2D eigenvalue weighted by Crippen LogP contribution is 2.26. The molecule has 0 aliphatic heterocycles. The lowest BCUT2D eigenvalue weighted by molar-refractivity contribution is -0.114. The van der Waals surface area contributed by atoms with Gasteiger partial charge in [0.1, 0.15) is 12.4 Å². The van der Waals surface area contributed by atoms with Crippen LogP contribution in [0.3, 0.4) is 0 Å². The Morgan fingerprint density at radius 1 is 0.967 bits per heavy atom. The van der Waals surface area contributed by atoms with E-state index in [0.29, 0.717) is 16.4 Å². The van der Waals surface area contributed by atoms with Crippen LogP contribution in [0, 0.1) is 19.7 Å². The van der Waals surface area contributed by atoms with Crippen LogP contribution in [0.4, 0.5) is 15.8 Å². The van der Waals surface area contributed by atoms with Gasteiger partial charge in [-0.05, 0) is 85.6 Å². The molecule has 0 saturated carbocycles. The molecule has 5 nitrogen and oxygen atoms in total. The predicted molar refractivity (Wildman–Crippen MR) is 117 cm³/mol. The normalized spacial score (nSPS) is 11.2. The number of benzene rings is 3. The molecule has 0 heterocycles. The zero-order valence-electron chi connectivity index (χ0n) is 16.4. The van der Waals surface area contributed by atoms with Crippen LogP contribution in [-0.2, 0) is 14.8 Å². The third-order valence-electron chi connectivity index (χ3n) is 4.60. The molecule has 3 rings (SSSR count). The Morgan fingerprint density at radius 2 is 1.60 bits per heavy atom. The first-order valence-electron chi connectivity index (χ1n) is 9.08. The first-order valence-corrected chi connectivity index (χ1v) is 10.9. The first-order chi connectivity index (χ1) is 14.2. The second-order valence-electron chi connectivity index (χ2n) is 6.79. The smallest absolute Gasteiger partial charge is 0.264 e.